The van der Waals surface area contributed by atoms with Gasteiger partial charge in [-0.1, -0.05) is 40.2 Å². The summed E-state index contributed by atoms with van der Waals surface area (Å²) in [7, 11) is 3.96. The summed E-state index contributed by atoms with van der Waals surface area (Å²) in [6.45, 7) is 0. The monoisotopic (exact) mass is 457 g/mol. The summed E-state index contributed by atoms with van der Waals surface area (Å²) in [4.78, 5) is 25.7. The minimum absolute atomic E-state index is 0.0252. The lowest BCUT2D eigenvalue weighted by molar-refractivity contribution is -0.137. The van der Waals surface area contributed by atoms with E-state index in [0.29, 0.717) is 12.8 Å². The molecule has 7 heteroatoms. The van der Waals surface area contributed by atoms with Crippen molar-refractivity contribution in [1.29, 1.82) is 0 Å². The molecule has 0 spiro atoms. The van der Waals surface area contributed by atoms with Gasteiger partial charge in [-0.3, -0.25) is 9.59 Å². The molecule has 0 fully saturated rings. The Bertz CT molecular complexity index is 942. The molecule has 152 valence electrons. The van der Waals surface area contributed by atoms with E-state index in [9.17, 15) is 9.59 Å². The van der Waals surface area contributed by atoms with Crippen molar-refractivity contribution in [3.05, 3.63) is 64.1 Å². The molecule has 1 amide bonds. The van der Waals surface area contributed by atoms with Crippen LogP contribution in [0.1, 0.15) is 42.9 Å². The summed E-state index contributed by atoms with van der Waals surface area (Å²) in [5.41, 5.74) is 3.88. The Morgan fingerprint density at radius 1 is 1.17 bits per heavy atom. The number of carbonyl (C=O) groups is 2. The first-order valence-electron chi connectivity index (χ1n) is 9.49. The first-order chi connectivity index (χ1) is 13.8. The number of carboxylic acids is 1. The summed E-state index contributed by atoms with van der Waals surface area (Å²) in [5.74, 6) is -1.05. The van der Waals surface area contributed by atoms with Crippen molar-refractivity contribution in [2.75, 3.05) is 19.0 Å². The van der Waals surface area contributed by atoms with Crippen molar-refractivity contribution in [2.24, 2.45) is 5.10 Å². The van der Waals surface area contributed by atoms with Crippen LogP contribution < -0.4 is 4.90 Å². The van der Waals surface area contributed by atoms with Crippen LogP contribution >= 0.6 is 15.9 Å². The van der Waals surface area contributed by atoms with Gasteiger partial charge in [0.25, 0.3) is 0 Å². The van der Waals surface area contributed by atoms with Gasteiger partial charge in [0, 0.05) is 43.5 Å². The third kappa shape index (κ3) is 5.23. The van der Waals surface area contributed by atoms with E-state index >= 15 is 0 Å². The Morgan fingerprint density at radius 2 is 1.93 bits per heavy atom. The van der Waals surface area contributed by atoms with Gasteiger partial charge in [0.1, 0.15) is 0 Å². The van der Waals surface area contributed by atoms with Crippen molar-refractivity contribution >= 4 is 39.2 Å². The van der Waals surface area contributed by atoms with E-state index in [-0.39, 0.29) is 24.8 Å². The SMILES string of the molecule is CN(C)c1cccc([C@@H]2CC(c3cccc(Br)c3)=NN2C(=O)CCCC(=O)O)c1. The molecule has 0 radical (unpaired) electrons. The van der Waals surface area contributed by atoms with E-state index < -0.39 is 5.97 Å². The van der Waals surface area contributed by atoms with Gasteiger partial charge in [-0.2, -0.15) is 5.10 Å². The molecule has 1 aliphatic rings. The summed E-state index contributed by atoms with van der Waals surface area (Å²) >= 11 is 3.49. The molecule has 0 bridgehead atoms. The maximum Gasteiger partial charge on any atom is 0.303 e. The van der Waals surface area contributed by atoms with Crippen LogP contribution in [0.25, 0.3) is 0 Å². The average molecular weight is 458 g/mol. The van der Waals surface area contributed by atoms with E-state index in [2.05, 4.69) is 27.1 Å². The Kier molecular flexibility index (Phi) is 6.69. The zero-order valence-corrected chi connectivity index (χ0v) is 18.1. The van der Waals surface area contributed by atoms with Crippen LogP contribution in [0.15, 0.2) is 58.1 Å². The predicted octanol–water partition coefficient (Wildman–Crippen LogP) is 4.45. The smallest absolute Gasteiger partial charge is 0.303 e. The van der Waals surface area contributed by atoms with Gasteiger partial charge in [0.15, 0.2) is 0 Å². The number of halogens is 1. The van der Waals surface area contributed by atoms with Gasteiger partial charge in [0.2, 0.25) is 5.91 Å². The van der Waals surface area contributed by atoms with Gasteiger partial charge in [-0.05, 0) is 41.8 Å². The molecule has 0 aromatic heterocycles. The second kappa shape index (κ2) is 9.22. The Morgan fingerprint density at radius 3 is 2.62 bits per heavy atom. The van der Waals surface area contributed by atoms with Gasteiger partial charge in [-0.25, -0.2) is 5.01 Å². The number of anilines is 1. The highest BCUT2D eigenvalue weighted by atomic mass is 79.9. The van der Waals surface area contributed by atoms with Crippen molar-refractivity contribution in [3.63, 3.8) is 0 Å². The molecule has 1 atom stereocenters. The Hall–Kier alpha value is -2.67. The van der Waals surface area contributed by atoms with E-state index in [1.807, 2.05) is 61.5 Å². The Balaban J connectivity index is 1.90. The van der Waals surface area contributed by atoms with Crippen LogP contribution in [0.2, 0.25) is 0 Å². The van der Waals surface area contributed by atoms with Crippen LogP contribution in [-0.2, 0) is 9.59 Å². The number of hydrogen-bond acceptors (Lipinski definition) is 4. The molecule has 2 aromatic rings. The van der Waals surface area contributed by atoms with Gasteiger partial charge in [0.05, 0.1) is 11.8 Å². The minimum Gasteiger partial charge on any atom is -0.481 e. The molecule has 0 saturated heterocycles. The van der Waals surface area contributed by atoms with Crippen LogP contribution in [0.4, 0.5) is 5.69 Å². The number of carboxylic acid groups (broad SMARTS) is 1. The molecule has 2 aromatic carbocycles. The van der Waals surface area contributed by atoms with Crippen LogP contribution in [0, 0.1) is 0 Å². The largest absolute Gasteiger partial charge is 0.481 e. The maximum atomic E-state index is 12.9. The standard InChI is InChI=1S/C22H24BrN3O3/c1-25(2)18-9-4-7-16(13-18)20-14-19(15-6-3-8-17(23)12-15)24-26(20)21(27)10-5-11-22(28)29/h3-4,6-9,12-13,20H,5,10-11,14H2,1-2H3,(H,28,29)/t20-/m0/s1. The molecule has 1 heterocycles. The number of nitrogens with zero attached hydrogens (tertiary/aromatic N) is 3. The second-order valence-corrected chi connectivity index (χ2v) is 8.17. The van der Waals surface area contributed by atoms with E-state index in [1.54, 1.807) is 0 Å². The highest BCUT2D eigenvalue weighted by Crippen LogP contribution is 2.35. The molecule has 29 heavy (non-hydrogen) atoms. The van der Waals surface area contributed by atoms with Crippen molar-refractivity contribution < 1.29 is 14.7 Å². The Labute approximate surface area is 179 Å². The van der Waals surface area contributed by atoms with Crippen LogP contribution in [0.5, 0.6) is 0 Å². The average Bonchev–Trinajstić information content (AvgIpc) is 3.13. The molecular weight excluding hydrogens is 434 g/mol. The lowest BCUT2D eigenvalue weighted by atomic mass is 9.97. The van der Waals surface area contributed by atoms with Crippen LogP contribution in [-0.4, -0.2) is 41.8 Å². The number of amides is 1. The van der Waals surface area contributed by atoms with Gasteiger partial charge >= 0.3 is 5.97 Å². The number of hydrogen-bond donors (Lipinski definition) is 1. The van der Waals surface area contributed by atoms with E-state index in [1.165, 1.54) is 5.01 Å². The number of hydrazone groups is 1. The molecule has 0 unspecified atom stereocenters. The molecule has 6 nitrogen and oxygen atoms in total. The molecule has 0 saturated carbocycles. The zero-order valence-electron chi connectivity index (χ0n) is 16.5. The van der Waals surface area contributed by atoms with Crippen LogP contribution in [0.3, 0.4) is 0 Å². The number of aliphatic carboxylic acids is 1. The first kappa shape index (κ1) is 21.0. The molecule has 0 aliphatic carbocycles. The second-order valence-electron chi connectivity index (χ2n) is 7.25. The van der Waals surface area contributed by atoms with Crippen molar-refractivity contribution in [1.82, 2.24) is 5.01 Å². The highest BCUT2D eigenvalue weighted by Gasteiger charge is 2.33. The predicted molar refractivity (Wildman–Crippen MR) is 117 cm³/mol. The van der Waals surface area contributed by atoms with Gasteiger partial charge in [-0.15, -0.1) is 0 Å². The normalized spacial score (nSPS) is 15.9. The quantitative estimate of drug-likeness (QED) is 0.666. The topological polar surface area (TPSA) is 73.2 Å². The zero-order chi connectivity index (χ0) is 21.0. The summed E-state index contributed by atoms with van der Waals surface area (Å²) in [6.07, 6.45) is 1.04. The number of carbonyl (C=O) groups excluding carboxylic acids is 1. The summed E-state index contributed by atoms with van der Waals surface area (Å²) in [5, 5.41) is 15.0. The first-order valence-corrected chi connectivity index (χ1v) is 10.3. The van der Waals surface area contributed by atoms with E-state index in [4.69, 9.17) is 5.11 Å². The lowest BCUT2D eigenvalue weighted by Gasteiger charge is -2.23. The number of benzene rings is 2. The fourth-order valence-electron chi connectivity index (χ4n) is 3.36. The van der Waals surface area contributed by atoms with Gasteiger partial charge < -0.3 is 10.0 Å². The molecular formula is C22H24BrN3O3. The highest BCUT2D eigenvalue weighted by molar-refractivity contribution is 9.10. The minimum atomic E-state index is -0.896. The third-order valence-corrected chi connectivity index (χ3v) is 5.37. The lowest BCUT2D eigenvalue weighted by Crippen LogP contribution is -2.27. The summed E-state index contributed by atoms with van der Waals surface area (Å²) < 4.78 is 0.954. The third-order valence-electron chi connectivity index (χ3n) is 4.88. The van der Waals surface area contributed by atoms with E-state index in [0.717, 1.165) is 27.0 Å². The number of rotatable bonds is 7. The molecule has 1 N–H and O–H groups in total. The fraction of sp³-hybridized carbons (Fsp3) is 0.318. The summed E-state index contributed by atoms with van der Waals surface area (Å²) in [6, 6.07) is 15.7. The van der Waals surface area contributed by atoms with Crippen molar-refractivity contribution in [3.8, 4) is 0 Å². The molecule has 3 rings (SSSR count). The van der Waals surface area contributed by atoms with Crippen molar-refractivity contribution in [2.45, 2.75) is 31.7 Å². The maximum absolute atomic E-state index is 12.9. The fourth-order valence-corrected chi connectivity index (χ4v) is 3.76. The molecule has 1 aliphatic heterocycles.